The van der Waals surface area contributed by atoms with Crippen LogP contribution in [0.25, 0.3) is 0 Å². The van der Waals surface area contributed by atoms with Crippen LogP contribution in [0.3, 0.4) is 0 Å². The molecule has 20 heavy (non-hydrogen) atoms. The first-order chi connectivity index (χ1) is 9.61. The number of hydrogen-bond acceptors (Lipinski definition) is 3. The molecular weight excluding hydrogens is 248 g/mol. The molecule has 0 aliphatic rings. The summed E-state index contributed by atoms with van der Waals surface area (Å²) >= 11 is 0. The summed E-state index contributed by atoms with van der Waals surface area (Å²) in [6.45, 7) is 7.82. The fourth-order valence-corrected chi connectivity index (χ4v) is 2.34. The Morgan fingerprint density at radius 3 is 2.75 bits per heavy atom. The second-order valence-corrected chi connectivity index (χ2v) is 5.04. The van der Waals surface area contributed by atoms with E-state index in [4.69, 9.17) is 5.26 Å². The Labute approximate surface area is 120 Å². The highest BCUT2D eigenvalue weighted by Crippen LogP contribution is 2.19. The maximum absolute atomic E-state index is 9.11. The van der Waals surface area contributed by atoms with E-state index in [1.165, 1.54) is 5.69 Å². The van der Waals surface area contributed by atoms with Gasteiger partial charge in [0.25, 0.3) is 0 Å². The molecule has 4 heteroatoms. The number of anilines is 1. The highest BCUT2D eigenvalue weighted by Gasteiger charge is 2.04. The van der Waals surface area contributed by atoms with Crippen LogP contribution >= 0.6 is 0 Å². The molecule has 1 aromatic carbocycles. The first-order valence-corrected chi connectivity index (χ1v) is 6.86. The van der Waals surface area contributed by atoms with Gasteiger partial charge in [-0.1, -0.05) is 12.1 Å². The lowest BCUT2D eigenvalue weighted by molar-refractivity contribution is 0.573. The second-order valence-electron chi connectivity index (χ2n) is 5.04. The van der Waals surface area contributed by atoms with Gasteiger partial charge in [0.1, 0.15) is 6.07 Å². The zero-order valence-electron chi connectivity index (χ0n) is 12.3. The largest absolute Gasteiger partial charge is 0.384 e. The van der Waals surface area contributed by atoms with E-state index in [9.17, 15) is 0 Å². The van der Waals surface area contributed by atoms with Crippen molar-refractivity contribution in [2.75, 3.05) is 11.9 Å². The highest BCUT2D eigenvalue weighted by molar-refractivity contribution is 5.62. The third-order valence-corrected chi connectivity index (χ3v) is 3.35. The van der Waals surface area contributed by atoms with Crippen LogP contribution in [0.15, 0.2) is 24.3 Å². The Hall–Kier alpha value is -2.28. The van der Waals surface area contributed by atoms with Gasteiger partial charge < -0.3 is 5.32 Å². The van der Waals surface area contributed by atoms with E-state index in [1.54, 1.807) is 0 Å². The maximum atomic E-state index is 9.11. The van der Waals surface area contributed by atoms with Gasteiger partial charge in [-0.05, 0) is 44.9 Å². The Kier molecular flexibility index (Phi) is 4.41. The number of para-hydroxylation sites is 1. The predicted molar refractivity (Wildman–Crippen MR) is 80.7 cm³/mol. The molecule has 0 amide bonds. The van der Waals surface area contributed by atoms with Crippen molar-refractivity contribution >= 4 is 5.69 Å². The first kappa shape index (κ1) is 14.1. The summed E-state index contributed by atoms with van der Waals surface area (Å²) in [7, 11) is 0. The second kappa shape index (κ2) is 6.25. The summed E-state index contributed by atoms with van der Waals surface area (Å²) in [6, 6.07) is 10.1. The lowest BCUT2D eigenvalue weighted by atomic mass is 10.1. The molecule has 0 fully saturated rings. The minimum atomic E-state index is 0.705. The van der Waals surface area contributed by atoms with Crippen LogP contribution in [-0.4, -0.2) is 16.3 Å². The monoisotopic (exact) mass is 268 g/mol. The number of aryl methyl sites for hydroxylation is 4. The van der Waals surface area contributed by atoms with Crippen molar-refractivity contribution in [3.63, 3.8) is 0 Å². The molecule has 0 unspecified atom stereocenters. The number of nitrogens with one attached hydrogen (secondary N) is 1. The Balaban J connectivity index is 1.91. The van der Waals surface area contributed by atoms with Crippen molar-refractivity contribution in [1.29, 1.82) is 5.26 Å². The van der Waals surface area contributed by atoms with Crippen molar-refractivity contribution in [3.05, 3.63) is 46.8 Å². The van der Waals surface area contributed by atoms with Crippen LogP contribution in [0, 0.1) is 32.1 Å². The SMILES string of the molecule is Cc1cc(C)n(CCCNc2c(C)cccc2C#N)n1. The fourth-order valence-electron chi connectivity index (χ4n) is 2.34. The molecule has 0 aliphatic heterocycles. The predicted octanol–water partition coefficient (Wildman–Crippen LogP) is 3.18. The van der Waals surface area contributed by atoms with Crippen molar-refractivity contribution < 1.29 is 0 Å². The first-order valence-electron chi connectivity index (χ1n) is 6.86. The van der Waals surface area contributed by atoms with Gasteiger partial charge in [-0.25, -0.2) is 0 Å². The van der Waals surface area contributed by atoms with Crippen LogP contribution in [0.1, 0.15) is 28.9 Å². The van der Waals surface area contributed by atoms with Gasteiger partial charge in [0.2, 0.25) is 0 Å². The van der Waals surface area contributed by atoms with Gasteiger partial charge in [-0.3, -0.25) is 4.68 Å². The van der Waals surface area contributed by atoms with E-state index in [-0.39, 0.29) is 0 Å². The topological polar surface area (TPSA) is 53.6 Å². The summed E-state index contributed by atoms with van der Waals surface area (Å²) in [4.78, 5) is 0. The molecule has 0 atom stereocenters. The molecule has 4 nitrogen and oxygen atoms in total. The molecule has 0 radical (unpaired) electrons. The Bertz CT molecular complexity index is 634. The summed E-state index contributed by atoms with van der Waals surface area (Å²) in [5.74, 6) is 0. The smallest absolute Gasteiger partial charge is 0.101 e. The Morgan fingerprint density at radius 1 is 1.30 bits per heavy atom. The molecular formula is C16H20N4. The fraction of sp³-hybridized carbons (Fsp3) is 0.375. The van der Waals surface area contributed by atoms with Crippen molar-refractivity contribution in [3.8, 4) is 6.07 Å². The molecule has 0 bridgehead atoms. The molecule has 1 aromatic heterocycles. The number of benzene rings is 1. The van der Waals surface area contributed by atoms with Gasteiger partial charge in [-0.15, -0.1) is 0 Å². The third kappa shape index (κ3) is 3.18. The number of rotatable bonds is 5. The van der Waals surface area contributed by atoms with Crippen molar-refractivity contribution in [2.45, 2.75) is 33.7 Å². The van der Waals surface area contributed by atoms with E-state index < -0.39 is 0 Å². The van der Waals surface area contributed by atoms with E-state index >= 15 is 0 Å². The summed E-state index contributed by atoms with van der Waals surface area (Å²) in [5.41, 5.74) is 5.01. The average Bonchev–Trinajstić information content (AvgIpc) is 2.74. The van der Waals surface area contributed by atoms with Crippen LogP contribution in [0.2, 0.25) is 0 Å². The summed E-state index contributed by atoms with van der Waals surface area (Å²) in [6.07, 6.45) is 0.973. The molecule has 0 saturated carbocycles. The van der Waals surface area contributed by atoms with Crippen LogP contribution in [0.4, 0.5) is 5.69 Å². The maximum Gasteiger partial charge on any atom is 0.101 e. The third-order valence-electron chi connectivity index (χ3n) is 3.35. The molecule has 2 rings (SSSR count). The molecule has 1 N–H and O–H groups in total. The zero-order chi connectivity index (χ0) is 14.5. The van der Waals surface area contributed by atoms with Crippen molar-refractivity contribution in [1.82, 2.24) is 9.78 Å². The van der Waals surface area contributed by atoms with E-state index in [0.717, 1.165) is 36.5 Å². The standard InChI is InChI=1S/C16H20N4/c1-12-6-4-7-15(11-17)16(12)18-8-5-9-20-14(3)10-13(2)19-20/h4,6-7,10,18H,5,8-9H2,1-3H3. The van der Waals surface area contributed by atoms with Gasteiger partial charge >= 0.3 is 0 Å². The Morgan fingerprint density at radius 2 is 2.10 bits per heavy atom. The minimum Gasteiger partial charge on any atom is -0.384 e. The van der Waals surface area contributed by atoms with Crippen LogP contribution in [-0.2, 0) is 6.54 Å². The molecule has 2 aromatic rings. The molecule has 1 heterocycles. The minimum absolute atomic E-state index is 0.705. The van der Waals surface area contributed by atoms with Gasteiger partial charge in [0, 0.05) is 18.8 Å². The van der Waals surface area contributed by atoms with E-state index in [0.29, 0.717) is 5.56 Å². The van der Waals surface area contributed by atoms with Gasteiger partial charge in [-0.2, -0.15) is 10.4 Å². The van der Waals surface area contributed by atoms with Crippen molar-refractivity contribution in [2.24, 2.45) is 0 Å². The summed E-state index contributed by atoms with van der Waals surface area (Å²) < 4.78 is 2.03. The molecule has 0 saturated heterocycles. The van der Waals surface area contributed by atoms with Gasteiger partial charge in [0.15, 0.2) is 0 Å². The number of nitrogens with zero attached hydrogens (tertiary/aromatic N) is 3. The van der Waals surface area contributed by atoms with E-state index in [2.05, 4.69) is 29.5 Å². The van der Waals surface area contributed by atoms with E-state index in [1.807, 2.05) is 36.7 Å². The molecule has 0 aliphatic carbocycles. The lowest BCUT2D eigenvalue weighted by Crippen LogP contribution is -2.10. The van der Waals surface area contributed by atoms with Gasteiger partial charge in [0.05, 0.1) is 16.9 Å². The van der Waals surface area contributed by atoms with Crippen LogP contribution < -0.4 is 5.32 Å². The quantitative estimate of drug-likeness (QED) is 0.847. The normalized spacial score (nSPS) is 10.3. The number of hydrogen-bond donors (Lipinski definition) is 1. The summed E-state index contributed by atoms with van der Waals surface area (Å²) in [5, 5.41) is 16.9. The zero-order valence-corrected chi connectivity index (χ0v) is 12.3. The number of aromatic nitrogens is 2. The lowest BCUT2D eigenvalue weighted by Gasteiger charge is -2.11. The molecule has 104 valence electrons. The highest BCUT2D eigenvalue weighted by atomic mass is 15.3. The average molecular weight is 268 g/mol. The molecule has 0 spiro atoms. The number of nitriles is 1. The van der Waals surface area contributed by atoms with Crippen LogP contribution in [0.5, 0.6) is 0 Å².